The van der Waals surface area contributed by atoms with Crippen LogP contribution in [0.1, 0.15) is 16.7 Å². The first kappa shape index (κ1) is 19.1. The average molecular weight is 386 g/mol. The third-order valence-corrected chi connectivity index (χ3v) is 4.43. The number of nitrogens with one attached hydrogen (secondary N) is 1. The highest BCUT2D eigenvalue weighted by Crippen LogP contribution is 2.29. The molecule has 0 aliphatic heterocycles. The Kier molecular flexibility index (Phi) is 6.20. The molecular formula is C22H21ClFNO2. The van der Waals surface area contributed by atoms with Gasteiger partial charge in [0.1, 0.15) is 12.4 Å². The summed E-state index contributed by atoms with van der Waals surface area (Å²) in [6.45, 7) is 2.93. The van der Waals surface area contributed by atoms with Crippen molar-refractivity contribution < 1.29 is 13.9 Å². The van der Waals surface area contributed by atoms with E-state index < -0.39 is 0 Å². The molecule has 27 heavy (non-hydrogen) atoms. The maximum absolute atomic E-state index is 13.3. The van der Waals surface area contributed by atoms with Crippen LogP contribution in [0.25, 0.3) is 0 Å². The quantitative estimate of drug-likeness (QED) is 0.542. The fourth-order valence-electron chi connectivity index (χ4n) is 2.71. The molecule has 0 spiro atoms. The predicted molar refractivity (Wildman–Crippen MR) is 107 cm³/mol. The highest BCUT2D eigenvalue weighted by Gasteiger charge is 2.07. The fraction of sp³-hybridized carbons (Fsp3) is 0.182. The number of anilines is 1. The lowest BCUT2D eigenvalue weighted by Crippen LogP contribution is -2.03. The first-order chi connectivity index (χ1) is 13.0. The van der Waals surface area contributed by atoms with Crippen molar-refractivity contribution in [3.05, 3.63) is 88.2 Å². The second-order valence-electron chi connectivity index (χ2n) is 6.22. The molecule has 3 rings (SSSR count). The van der Waals surface area contributed by atoms with E-state index in [0.29, 0.717) is 23.1 Å². The van der Waals surface area contributed by atoms with Gasteiger partial charge in [-0.25, -0.2) is 4.39 Å². The molecule has 0 aromatic heterocycles. The minimum atomic E-state index is -0.277. The number of halogens is 2. The van der Waals surface area contributed by atoms with Crippen LogP contribution in [0.5, 0.6) is 11.5 Å². The van der Waals surface area contributed by atoms with Crippen molar-refractivity contribution in [2.24, 2.45) is 0 Å². The van der Waals surface area contributed by atoms with Crippen LogP contribution in [0.3, 0.4) is 0 Å². The molecular weight excluding hydrogens is 365 g/mol. The molecule has 0 atom stereocenters. The molecule has 0 aliphatic rings. The van der Waals surface area contributed by atoms with Crippen LogP contribution in [0.15, 0.2) is 60.7 Å². The topological polar surface area (TPSA) is 30.5 Å². The molecule has 0 amide bonds. The number of rotatable bonds is 7. The average Bonchev–Trinajstić information content (AvgIpc) is 2.67. The van der Waals surface area contributed by atoms with Crippen LogP contribution >= 0.6 is 11.6 Å². The van der Waals surface area contributed by atoms with Gasteiger partial charge in [0, 0.05) is 17.3 Å². The Hall–Kier alpha value is -2.72. The van der Waals surface area contributed by atoms with Crippen LogP contribution in [0.4, 0.5) is 10.1 Å². The molecule has 5 heteroatoms. The molecule has 140 valence electrons. The van der Waals surface area contributed by atoms with Gasteiger partial charge in [0.25, 0.3) is 0 Å². The molecule has 0 heterocycles. The van der Waals surface area contributed by atoms with Crippen LogP contribution in [0, 0.1) is 12.7 Å². The second kappa shape index (κ2) is 8.78. The van der Waals surface area contributed by atoms with Gasteiger partial charge in [0.05, 0.1) is 7.11 Å². The van der Waals surface area contributed by atoms with Gasteiger partial charge in [-0.05, 0) is 60.0 Å². The number of methoxy groups -OCH3 is 1. The summed E-state index contributed by atoms with van der Waals surface area (Å²) in [5.41, 5.74) is 3.93. The van der Waals surface area contributed by atoms with Crippen LogP contribution in [-0.4, -0.2) is 7.11 Å². The number of aryl methyl sites for hydroxylation is 1. The van der Waals surface area contributed by atoms with Gasteiger partial charge in [-0.15, -0.1) is 0 Å². The Balaban J connectivity index is 1.67. The molecule has 1 N–H and O–H groups in total. The van der Waals surface area contributed by atoms with Gasteiger partial charge in [0.15, 0.2) is 11.5 Å². The molecule has 0 bridgehead atoms. The van der Waals surface area contributed by atoms with Gasteiger partial charge in [0.2, 0.25) is 0 Å². The van der Waals surface area contributed by atoms with E-state index in [1.54, 1.807) is 13.2 Å². The number of hydrogen-bond acceptors (Lipinski definition) is 3. The molecule has 0 saturated carbocycles. The van der Waals surface area contributed by atoms with E-state index in [4.69, 9.17) is 21.1 Å². The normalized spacial score (nSPS) is 10.5. The lowest BCUT2D eigenvalue weighted by atomic mass is 10.1. The predicted octanol–water partition coefficient (Wildman–Crippen LogP) is 5.99. The molecule has 3 aromatic carbocycles. The zero-order valence-electron chi connectivity index (χ0n) is 15.3. The molecule has 3 aromatic rings. The minimum Gasteiger partial charge on any atom is -0.493 e. The summed E-state index contributed by atoms with van der Waals surface area (Å²) < 4.78 is 24.5. The van der Waals surface area contributed by atoms with Crippen molar-refractivity contribution in [3.63, 3.8) is 0 Å². The summed E-state index contributed by atoms with van der Waals surface area (Å²) in [6, 6.07) is 17.9. The SMILES string of the molecule is COc1cc(CNc2cc(Cl)ccc2C)ccc1OCc1cccc(F)c1. The van der Waals surface area contributed by atoms with E-state index in [9.17, 15) is 4.39 Å². The highest BCUT2D eigenvalue weighted by atomic mass is 35.5. The Labute approximate surface area is 163 Å². The van der Waals surface area contributed by atoms with Crippen molar-refractivity contribution in [2.75, 3.05) is 12.4 Å². The van der Waals surface area contributed by atoms with E-state index in [0.717, 1.165) is 22.4 Å². The highest BCUT2D eigenvalue weighted by molar-refractivity contribution is 6.30. The molecule has 0 radical (unpaired) electrons. The number of ether oxygens (including phenoxy) is 2. The second-order valence-corrected chi connectivity index (χ2v) is 6.65. The first-order valence-corrected chi connectivity index (χ1v) is 8.97. The standard InChI is InChI=1S/C22H21ClFNO2/c1-15-6-8-18(23)12-20(15)25-13-16-7-9-21(22(11-16)26-2)27-14-17-4-3-5-19(24)10-17/h3-12,25H,13-14H2,1-2H3. The van der Waals surface area contributed by atoms with Gasteiger partial charge in [-0.2, -0.15) is 0 Å². The van der Waals surface area contributed by atoms with Crippen molar-refractivity contribution in [3.8, 4) is 11.5 Å². The Morgan fingerprint density at radius 3 is 2.59 bits per heavy atom. The number of hydrogen-bond donors (Lipinski definition) is 1. The monoisotopic (exact) mass is 385 g/mol. The van der Waals surface area contributed by atoms with E-state index in [1.807, 2.05) is 49.4 Å². The fourth-order valence-corrected chi connectivity index (χ4v) is 2.88. The smallest absolute Gasteiger partial charge is 0.161 e. The van der Waals surface area contributed by atoms with Crippen molar-refractivity contribution in [2.45, 2.75) is 20.1 Å². The summed E-state index contributed by atoms with van der Waals surface area (Å²) >= 11 is 6.06. The molecule has 0 fully saturated rings. The summed E-state index contributed by atoms with van der Waals surface area (Å²) in [7, 11) is 1.60. The number of benzene rings is 3. The van der Waals surface area contributed by atoms with Crippen LogP contribution in [0.2, 0.25) is 5.02 Å². The van der Waals surface area contributed by atoms with Gasteiger partial charge >= 0.3 is 0 Å². The Morgan fingerprint density at radius 2 is 1.81 bits per heavy atom. The van der Waals surface area contributed by atoms with E-state index >= 15 is 0 Å². The van der Waals surface area contributed by atoms with Gasteiger partial charge < -0.3 is 14.8 Å². The van der Waals surface area contributed by atoms with E-state index in [1.165, 1.54) is 12.1 Å². The summed E-state index contributed by atoms with van der Waals surface area (Å²) in [4.78, 5) is 0. The van der Waals surface area contributed by atoms with E-state index in [-0.39, 0.29) is 12.4 Å². The Bertz CT molecular complexity index is 930. The summed E-state index contributed by atoms with van der Waals surface area (Å²) in [5, 5.41) is 4.08. The first-order valence-electron chi connectivity index (χ1n) is 8.59. The van der Waals surface area contributed by atoms with Gasteiger partial charge in [-0.3, -0.25) is 0 Å². The lowest BCUT2D eigenvalue weighted by Gasteiger charge is -2.14. The van der Waals surface area contributed by atoms with Crippen molar-refractivity contribution in [1.29, 1.82) is 0 Å². The summed E-state index contributed by atoms with van der Waals surface area (Å²) in [6.07, 6.45) is 0. The Morgan fingerprint density at radius 1 is 0.963 bits per heavy atom. The minimum absolute atomic E-state index is 0.271. The van der Waals surface area contributed by atoms with Crippen molar-refractivity contribution >= 4 is 17.3 Å². The third kappa shape index (κ3) is 5.14. The summed E-state index contributed by atoms with van der Waals surface area (Å²) in [5.74, 6) is 0.971. The molecule has 0 unspecified atom stereocenters. The maximum atomic E-state index is 13.3. The van der Waals surface area contributed by atoms with Crippen LogP contribution < -0.4 is 14.8 Å². The maximum Gasteiger partial charge on any atom is 0.161 e. The third-order valence-electron chi connectivity index (χ3n) is 4.19. The molecule has 0 saturated heterocycles. The zero-order chi connectivity index (χ0) is 19.2. The van der Waals surface area contributed by atoms with Crippen LogP contribution in [-0.2, 0) is 13.2 Å². The lowest BCUT2D eigenvalue weighted by molar-refractivity contribution is 0.284. The zero-order valence-corrected chi connectivity index (χ0v) is 16.0. The molecule has 3 nitrogen and oxygen atoms in total. The van der Waals surface area contributed by atoms with Crippen molar-refractivity contribution in [1.82, 2.24) is 0 Å². The van der Waals surface area contributed by atoms with E-state index in [2.05, 4.69) is 5.32 Å². The van der Waals surface area contributed by atoms with Gasteiger partial charge in [-0.1, -0.05) is 35.9 Å². The largest absolute Gasteiger partial charge is 0.493 e. The molecule has 0 aliphatic carbocycles.